The number of rotatable bonds is 7. The zero-order valence-electron chi connectivity index (χ0n) is 14.3. The Kier molecular flexibility index (Phi) is 5.90. The normalized spacial score (nSPS) is 17.8. The number of aliphatic hydroxyl groups excluding tert-OH is 1. The molecule has 2 heterocycles. The van der Waals surface area contributed by atoms with E-state index in [4.69, 9.17) is 4.74 Å². The third kappa shape index (κ3) is 4.62. The Morgan fingerprint density at radius 3 is 2.58 bits per heavy atom. The first-order valence-electron chi connectivity index (χ1n) is 8.32. The van der Waals surface area contributed by atoms with E-state index in [-0.39, 0.29) is 22.9 Å². The minimum Gasteiger partial charge on any atom is -0.493 e. The van der Waals surface area contributed by atoms with Crippen LogP contribution in [0, 0.1) is 6.92 Å². The van der Waals surface area contributed by atoms with E-state index in [0.29, 0.717) is 18.8 Å². The highest BCUT2D eigenvalue weighted by molar-refractivity contribution is 8.26. The van der Waals surface area contributed by atoms with Crippen molar-refractivity contribution in [3.05, 3.63) is 59.4 Å². The second-order valence-electron chi connectivity index (χ2n) is 6.20. The summed E-state index contributed by atoms with van der Waals surface area (Å²) in [5.74, 6) is 0.481. The van der Waals surface area contributed by atoms with Crippen LogP contribution >= 0.6 is 11.8 Å². The number of aryl methyl sites for hydroxylation is 1. The maximum atomic E-state index is 11.6. The van der Waals surface area contributed by atoms with Crippen molar-refractivity contribution in [2.75, 3.05) is 13.2 Å². The molecule has 1 aliphatic heterocycles. The van der Waals surface area contributed by atoms with Gasteiger partial charge in [0.15, 0.2) is 0 Å². The van der Waals surface area contributed by atoms with Crippen LogP contribution in [0.5, 0.6) is 5.75 Å². The predicted molar refractivity (Wildman–Crippen MR) is 99.4 cm³/mol. The second-order valence-corrected chi connectivity index (χ2v) is 7.18. The molecule has 0 radical (unpaired) electrons. The van der Waals surface area contributed by atoms with E-state index in [1.807, 2.05) is 43.3 Å². The Hall–Kier alpha value is -2.38. The van der Waals surface area contributed by atoms with Gasteiger partial charge in [0.05, 0.1) is 19.1 Å². The molecule has 0 aliphatic carbocycles. The Bertz CT molecular complexity index is 777. The largest absolute Gasteiger partial charge is 0.493 e. The molecular weight excluding hydrogens is 352 g/mol. The van der Waals surface area contributed by atoms with Crippen molar-refractivity contribution in [1.29, 1.82) is 0 Å². The van der Waals surface area contributed by atoms with Gasteiger partial charge in [0, 0.05) is 30.1 Å². The van der Waals surface area contributed by atoms with Gasteiger partial charge in [-0.25, -0.2) is 0 Å². The first-order valence-corrected chi connectivity index (χ1v) is 9.14. The van der Waals surface area contributed by atoms with Gasteiger partial charge in [-0.15, -0.1) is 0 Å². The number of pyridine rings is 1. The van der Waals surface area contributed by atoms with Crippen molar-refractivity contribution < 1.29 is 19.4 Å². The van der Waals surface area contributed by atoms with E-state index in [2.05, 4.69) is 10.3 Å². The fourth-order valence-corrected chi connectivity index (χ4v) is 3.30. The molecule has 1 amide bonds. The number of nitrogens with one attached hydrogen (secondary N) is 1. The van der Waals surface area contributed by atoms with Gasteiger partial charge in [0.2, 0.25) is 5.12 Å². The minimum absolute atomic E-state index is 0.0463. The van der Waals surface area contributed by atoms with E-state index >= 15 is 0 Å². The fraction of sp³-hybridized carbons (Fsp3) is 0.316. The van der Waals surface area contributed by atoms with Gasteiger partial charge < -0.3 is 15.2 Å². The number of hydrogen-bond acceptors (Lipinski definition) is 6. The van der Waals surface area contributed by atoms with Crippen LogP contribution in [0.1, 0.15) is 22.7 Å². The van der Waals surface area contributed by atoms with Crippen molar-refractivity contribution in [3.63, 3.8) is 0 Å². The lowest BCUT2D eigenvalue weighted by Crippen LogP contribution is -2.30. The molecule has 1 aromatic carbocycles. The maximum absolute atomic E-state index is 11.6. The van der Waals surface area contributed by atoms with Gasteiger partial charge >= 0.3 is 0 Å². The van der Waals surface area contributed by atoms with Gasteiger partial charge in [-0.1, -0.05) is 18.2 Å². The summed E-state index contributed by atoms with van der Waals surface area (Å²) >= 11 is 0.720. The Balaban J connectivity index is 1.56. The number of carbonyl (C=O) groups excluding carboxylic acids is 2. The molecule has 3 rings (SSSR count). The number of nitrogens with zero attached hydrogens (tertiary/aromatic N) is 1. The van der Waals surface area contributed by atoms with Crippen LogP contribution in [0.3, 0.4) is 0 Å². The number of hydrogen-bond donors (Lipinski definition) is 2. The molecule has 0 saturated carbocycles. The van der Waals surface area contributed by atoms with Gasteiger partial charge in [-0.3, -0.25) is 14.6 Å². The Morgan fingerprint density at radius 1 is 1.23 bits per heavy atom. The highest BCUT2D eigenvalue weighted by Crippen LogP contribution is 2.21. The van der Waals surface area contributed by atoms with Crippen molar-refractivity contribution in [3.8, 4) is 5.75 Å². The summed E-state index contributed by atoms with van der Waals surface area (Å²) in [4.78, 5) is 27.2. The first-order chi connectivity index (χ1) is 12.5. The summed E-state index contributed by atoms with van der Waals surface area (Å²) in [6, 6.07) is 10.8. The summed E-state index contributed by atoms with van der Waals surface area (Å²) < 4.78 is 5.77. The standard InChI is InChI=1S/C19H20N2O4S/c1-12-2-7-16(20-9-12)14(10-22)11-25-15-5-3-13(4-6-15)8-17-18(23)26-19(24)21-17/h2-7,9,14,17,22H,8,10-11H2,1H3,(H,21,24). The molecule has 2 N–H and O–H groups in total. The van der Waals surface area contributed by atoms with Crippen molar-refractivity contribution in [2.24, 2.45) is 0 Å². The number of carbonyl (C=O) groups is 2. The number of aliphatic hydroxyl groups is 1. The van der Waals surface area contributed by atoms with E-state index in [9.17, 15) is 14.7 Å². The molecule has 2 atom stereocenters. The summed E-state index contributed by atoms with van der Waals surface area (Å²) in [7, 11) is 0. The molecule has 2 aromatic rings. The Labute approximate surface area is 156 Å². The summed E-state index contributed by atoms with van der Waals surface area (Å²) in [5, 5.41) is 11.8. The second kappa shape index (κ2) is 8.33. The topological polar surface area (TPSA) is 88.5 Å². The van der Waals surface area contributed by atoms with Crippen LogP contribution in [-0.4, -0.2) is 39.7 Å². The van der Waals surface area contributed by atoms with Crippen LogP contribution in [0.2, 0.25) is 0 Å². The molecule has 7 heteroatoms. The van der Waals surface area contributed by atoms with Crippen molar-refractivity contribution >= 4 is 22.1 Å². The average molecular weight is 372 g/mol. The summed E-state index contributed by atoms with van der Waals surface area (Å²) in [6.45, 7) is 2.24. The van der Waals surface area contributed by atoms with E-state index in [0.717, 1.165) is 28.6 Å². The zero-order valence-corrected chi connectivity index (χ0v) is 15.2. The molecule has 26 heavy (non-hydrogen) atoms. The number of ether oxygens (including phenoxy) is 1. The lowest BCUT2D eigenvalue weighted by molar-refractivity contribution is -0.112. The minimum atomic E-state index is -0.467. The molecule has 2 unspecified atom stereocenters. The molecular formula is C19H20N2O4S. The predicted octanol–water partition coefficient (Wildman–Crippen LogP) is 2.44. The first kappa shape index (κ1) is 18.4. The lowest BCUT2D eigenvalue weighted by Gasteiger charge is -2.15. The molecule has 6 nitrogen and oxygen atoms in total. The molecule has 1 saturated heterocycles. The van der Waals surface area contributed by atoms with E-state index < -0.39 is 6.04 Å². The molecule has 1 aliphatic rings. The average Bonchev–Trinajstić information content (AvgIpc) is 2.95. The monoisotopic (exact) mass is 372 g/mol. The third-order valence-corrected chi connectivity index (χ3v) is 4.95. The van der Waals surface area contributed by atoms with Crippen LogP contribution in [-0.2, 0) is 11.2 Å². The SMILES string of the molecule is Cc1ccc(C(CO)COc2ccc(CC3NC(=O)SC3=O)cc2)nc1. The van der Waals surface area contributed by atoms with Crippen molar-refractivity contribution in [2.45, 2.75) is 25.3 Å². The molecule has 1 fully saturated rings. The van der Waals surface area contributed by atoms with Crippen LogP contribution in [0.4, 0.5) is 4.79 Å². The highest BCUT2D eigenvalue weighted by Gasteiger charge is 2.31. The zero-order chi connectivity index (χ0) is 18.5. The van der Waals surface area contributed by atoms with Crippen LogP contribution < -0.4 is 10.1 Å². The number of amides is 1. The molecule has 136 valence electrons. The number of aromatic nitrogens is 1. The molecule has 1 aromatic heterocycles. The smallest absolute Gasteiger partial charge is 0.287 e. The maximum Gasteiger partial charge on any atom is 0.287 e. The van der Waals surface area contributed by atoms with E-state index in [1.165, 1.54) is 0 Å². The quantitative estimate of drug-likeness (QED) is 0.776. The van der Waals surface area contributed by atoms with Gasteiger partial charge in [0.25, 0.3) is 5.24 Å². The fourth-order valence-electron chi connectivity index (χ4n) is 2.63. The van der Waals surface area contributed by atoms with Crippen LogP contribution in [0.25, 0.3) is 0 Å². The highest BCUT2D eigenvalue weighted by atomic mass is 32.2. The molecule has 0 bridgehead atoms. The number of benzene rings is 1. The van der Waals surface area contributed by atoms with Gasteiger partial charge in [-0.05, 0) is 36.2 Å². The van der Waals surface area contributed by atoms with Gasteiger partial charge in [0.1, 0.15) is 11.8 Å². The number of thioether (sulfide) groups is 1. The Morgan fingerprint density at radius 2 is 2.00 bits per heavy atom. The van der Waals surface area contributed by atoms with Crippen molar-refractivity contribution in [1.82, 2.24) is 10.3 Å². The van der Waals surface area contributed by atoms with Crippen LogP contribution in [0.15, 0.2) is 42.6 Å². The third-order valence-electron chi connectivity index (χ3n) is 4.16. The van der Waals surface area contributed by atoms with E-state index in [1.54, 1.807) is 6.20 Å². The lowest BCUT2D eigenvalue weighted by atomic mass is 10.1. The molecule has 0 spiro atoms. The summed E-state index contributed by atoms with van der Waals surface area (Å²) in [5.41, 5.74) is 2.80. The van der Waals surface area contributed by atoms with Gasteiger partial charge in [-0.2, -0.15) is 0 Å². The summed E-state index contributed by atoms with van der Waals surface area (Å²) in [6.07, 6.45) is 2.23.